The fraction of sp³-hybridized carbons (Fsp3) is 0.520. The molecule has 0 aliphatic carbocycles. The minimum absolute atomic E-state index is 0.378. The second kappa shape index (κ2) is 17.9. The summed E-state index contributed by atoms with van der Waals surface area (Å²) < 4.78 is 101. The Morgan fingerprint density at radius 3 is 1.80 bits per heavy atom. The van der Waals surface area contributed by atoms with Gasteiger partial charge in [-0.05, 0) is 35.9 Å². The predicted octanol–water partition coefficient (Wildman–Crippen LogP) is 4.91. The summed E-state index contributed by atoms with van der Waals surface area (Å²) in [4.78, 5) is 37.6. The van der Waals surface area contributed by atoms with E-state index in [1.807, 2.05) is 29.8 Å². The van der Waals surface area contributed by atoms with Crippen LogP contribution in [0, 0.1) is 0 Å². The van der Waals surface area contributed by atoms with E-state index in [0.717, 1.165) is 45.8 Å². The lowest BCUT2D eigenvalue weighted by molar-refractivity contribution is -0.193. The van der Waals surface area contributed by atoms with E-state index in [2.05, 4.69) is 38.4 Å². The van der Waals surface area contributed by atoms with Gasteiger partial charge in [0.25, 0.3) is 0 Å². The number of carbonyl (C=O) groups is 3. The smallest absolute Gasteiger partial charge is 0.475 e. The molecular weight excluding hydrogens is 657 g/mol. The van der Waals surface area contributed by atoms with E-state index in [9.17, 15) is 39.5 Å². The molecule has 2 fully saturated rings. The van der Waals surface area contributed by atoms with Gasteiger partial charge in [0.05, 0.1) is 12.7 Å². The summed E-state index contributed by atoms with van der Waals surface area (Å²) in [7, 11) is 0. The van der Waals surface area contributed by atoms with Crippen molar-refractivity contribution in [3.8, 4) is 0 Å². The molecule has 20 heteroatoms. The first kappa shape index (κ1) is 39.5. The lowest BCUT2D eigenvalue weighted by atomic mass is 10.0. The van der Waals surface area contributed by atoms with Gasteiger partial charge in [-0.15, -0.1) is 11.3 Å². The second-order valence-corrected chi connectivity index (χ2v) is 10.2. The molecule has 45 heavy (non-hydrogen) atoms. The van der Waals surface area contributed by atoms with Crippen molar-refractivity contribution in [2.75, 3.05) is 26.2 Å². The highest BCUT2D eigenvalue weighted by atomic mass is 32.1. The zero-order chi connectivity index (χ0) is 34.4. The Morgan fingerprint density at radius 1 is 0.822 bits per heavy atom. The van der Waals surface area contributed by atoms with E-state index in [4.69, 9.17) is 34.4 Å². The average Bonchev–Trinajstić information content (AvgIpc) is 3.35. The molecule has 0 saturated carbocycles. The number of hydrogen-bond donors (Lipinski definition) is 3. The van der Waals surface area contributed by atoms with Crippen LogP contribution in [0.4, 0.5) is 39.5 Å². The number of morpholine rings is 1. The molecule has 2 aliphatic rings. The van der Waals surface area contributed by atoms with Gasteiger partial charge in [-0.3, -0.25) is 14.8 Å². The van der Waals surface area contributed by atoms with E-state index in [0.29, 0.717) is 12.1 Å². The van der Waals surface area contributed by atoms with E-state index in [-0.39, 0.29) is 0 Å². The van der Waals surface area contributed by atoms with E-state index in [1.165, 1.54) is 16.9 Å². The summed E-state index contributed by atoms with van der Waals surface area (Å²) in [6.45, 7) is 6.25. The summed E-state index contributed by atoms with van der Waals surface area (Å²) in [6.07, 6.45) is -8.70. The van der Waals surface area contributed by atoms with Crippen LogP contribution >= 0.6 is 11.3 Å². The summed E-state index contributed by atoms with van der Waals surface area (Å²) >= 11 is 1.86. The van der Waals surface area contributed by atoms with Crippen molar-refractivity contribution >= 4 is 29.2 Å². The Labute approximate surface area is 253 Å². The Bertz CT molecular complexity index is 1120. The number of pyridine rings is 1. The van der Waals surface area contributed by atoms with Crippen molar-refractivity contribution in [1.82, 2.24) is 14.8 Å². The highest BCUT2D eigenvalue weighted by Gasteiger charge is 2.39. The van der Waals surface area contributed by atoms with Crippen LogP contribution in [0.1, 0.15) is 23.3 Å². The van der Waals surface area contributed by atoms with E-state index >= 15 is 0 Å². The maximum absolute atomic E-state index is 10.6. The first-order valence-electron chi connectivity index (χ1n) is 12.6. The summed E-state index contributed by atoms with van der Waals surface area (Å²) in [5.74, 6) is -8.27. The number of carboxylic acids is 3. The normalized spacial score (nSPS) is 19.1. The Hall–Kier alpha value is -3.49. The van der Waals surface area contributed by atoms with Crippen LogP contribution in [0.5, 0.6) is 0 Å². The maximum atomic E-state index is 10.6. The highest BCUT2D eigenvalue weighted by Crippen LogP contribution is 2.26. The second-order valence-electron chi connectivity index (χ2n) is 9.15. The van der Waals surface area contributed by atoms with Crippen molar-refractivity contribution in [2.45, 2.75) is 56.6 Å². The van der Waals surface area contributed by atoms with E-state index in [1.54, 1.807) is 0 Å². The molecule has 4 heterocycles. The zero-order valence-electron chi connectivity index (χ0n) is 23.0. The van der Waals surface area contributed by atoms with Crippen molar-refractivity contribution in [3.63, 3.8) is 0 Å². The summed E-state index contributed by atoms with van der Waals surface area (Å²) in [5, 5.41) is 23.5. The third-order valence-electron chi connectivity index (χ3n) is 5.88. The third kappa shape index (κ3) is 15.9. The number of fused-ring (bicyclic) bond motifs is 1. The molecule has 0 spiro atoms. The lowest BCUT2D eigenvalue weighted by Crippen LogP contribution is -2.50. The number of aliphatic carboxylic acids is 3. The number of aromatic nitrogens is 1. The van der Waals surface area contributed by atoms with Gasteiger partial charge in [0.1, 0.15) is 0 Å². The molecule has 2 aliphatic heterocycles. The number of likely N-dealkylation sites (tertiary alicyclic amines) is 1. The molecule has 0 radical (unpaired) electrons. The van der Waals surface area contributed by atoms with Crippen molar-refractivity contribution in [2.24, 2.45) is 0 Å². The molecule has 2 aromatic rings. The van der Waals surface area contributed by atoms with Crippen LogP contribution in [0.2, 0.25) is 0 Å². The molecule has 4 rings (SSSR count). The molecule has 2 aromatic heterocycles. The van der Waals surface area contributed by atoms with Gasteiger partial charge >= 0.3 is 36.4 Å². The van der Waals surface area contributed by atoms with Gasteiger partial charge in [-0.25, -0.2) is 14.4 Å². The van der Waals surface area contributed by atoms with Gasteiger partial charge in [0.15, 0.2) is 0 Å². The van der Waals surface area contributed by atoms with Crippen LogP contribution in [0.25, 0.3) is 0 Å². The number of hydrogen-bond acceptors (Lipinski definition) is 8. The minimum Gasteiger partial charge on any atom is -0.475 e. The van der Waals surface area contributed by atoms with Gasteiger partial charge < -0.3 is 20.1 Å². The van der Waals surface area contributed by atoms with Gasteiger partial charge in [0, 0.05) is 56.0 Å². The highest BCUT2D eigenvalue weighted by molar-refractivity contribution is 7.09. The molecule has 0 amide bonds. The van der Waals surface area contributed by atoms with E-state index < -0.39 is 36.4 Å². The Morgan fingerprint density at radius 2 is 1.36 bits per heavy atom. The molecule has 0 bridgehead atoms. The standard InChI is InChI=1S/C19H25N3OS.3C2HF3O2/c1-3-16(13-20-7-1)14-22-10-11-23-19-6-9-21(8-5-18(19)22)15-17-4-2-12-24-17;3*3-2(4,5)1(6)7/h1-4,7,12-13,18-19H,5-6,8-11,14-15H2;3*(H,6,7). The number of nitrogens with zero attached hydrogens (tertiary/aromatic N) is 3. The van der Waals surface area contributed by atoms with Crippen LogP contribution in [0.15, 0.2) is 42.0 Å². The molecule has 3 N–H and O–H groups in total. The van der Waals surface area contributed by atoms with Crippen molar-refractivity contribution in [1.29, 1.82) is 0 Å². The van der Waals surface area contributed by atoms with Crippen LogP contribution in [-0.2, 0) is 32.2 Å². The monoisotopic (exact) mass is 685 g/mol. The molecule has 0 aromatic carbocycles. The fourth-order valence-corrected chi connectivity index (χ4v) is 4.66. The number of halogens is 9. The van der Waals surface area contributed by atoms with Gasteiger partial charge in [0.2, 0.25) is 0 Å². The van der Waals surface area contributed by atoms with Crippen LogP contribution < -0.4 is 0 Å². The van der Waals surface area contributed by atoms with Gasteiger partial charge in [-0.1, -0.05) is 12.1 Å². The zero-order valence-corrected chi connectivity index (χ0v) is 23.8. The number of rotatable bonds is 4. The molecule has 2 unspecified atom stereocenters. The molecule has 10 nitrogen and oxygen atoms in total. The molecule has 254 valence electrons. The largest absolute Gasteiger partial charge is 0.490 e. The third-order valence-corrected chi connectivity index (χ3v) is 6.74. The quantitative estimate of drug-likeness (QED) is 0.381. The SMILES string of the molecule is O=C(O)C(F)(F)F.O=C(O)C(F)(F)F.O=C(O)C(F)(F)F.c1cncc(CN2CCOC3CCN(Cc4cccs4)CCC32)c1. The first-order chi connectivity index (χ1) is 20.7. The topological polar surface area (TPSA) is 140 Å². The Balaban J connectivity index is 0.000000396. The number of alkyl halides is 9. The molecular formula is C25H28F9N3O7S. The number of carboxylic acid groups (broad SMARTS) is 3. The maximum Gasteiger partial charge on any atom is 0.490 e. The number of thiophene rings is 1. The van der Waals surface area contributed by atoms with Crippen molar-refractivity contribution in [3.05, 3.63) is 52.5 Å². The average molecular weight is 686 g/mol. The Kier molecular flexibility index (Phi) is 15.7. The first-order valence-corrected chi connectivity index (χ1v) is 13.5. The fourth-order valence-electron chi connectivity index (χ4n) is 3.92. The molecule has 2 saturated heterocycles. The van der Waals surface area contributed by atoms with Gasteiger partial charge in [-0.2, -0.15) is 39.5 Å². The summed E-state index contributed by atoms with van der Waals surface area (Å²) in [5.41, 5.74) is 1.30. The molecule has 2 atom stereocenters. The lowest BCUT2D eigenvalue weighted by Gasteiger charge is -2.40. The van der Waals surface area contributed by atoms with Crippen molar-refractivity contribution < 1.29 is 74.0 Å². The number of ether oxygens (including phenoxy) is 1. The predicted molar refractivity (Wildman–Crippen MR) is 138 cm³/mol. The van der Waals surface area contributed by atoms with Crippen LogP contribution in [-0.4, -0.2) is 105 Å². The minimum atomic E-state index is -5.08. The summed E-state index contributed by atoms with van der Waals surface area (Å²) in [6, 6.07) is 9.14. The van der Waals surface area contributed by atoms with Crippen LogP contribution in [0.3, 0.4) is 0 Å².